The lowest BCUT2D eigenvalue weighted by Gasteiger charge is -2.47. The highest BCUT2D eigenvalue weighted by atomic mass is 32.2. The van der Waals surface area contributed by atoms with Gasteiger partial charge in [-0.3, -0.25) is 10.2 Å². The van der Waals surface area contributed by atoms with Crippen LogP contribution in [-0.4, -0.2) is 96.3 Å². The minimum Gasteiger partial charge on any atom is -0.472 e. The van der Waals surface area contributed by atoms with Gasteiger partial charge in [-0.2, -0.15) is 0 Å². The molecular formula is C43H53FN6O7SSi. The number of hydrogen-bond acceptors (Lipinski definition) is 10. The van der Waals surface area contributed by atoms with Gasteiger partial charge in [-0.25, -0.2) is 37.3 Å². The molecule has 3 aliphatic rings. The lowest BCUT2D eigenvalue weighted by atomic mass is 9.95. The molecule has 2 fully saturated rings. The smallest absolute Gasteiger partial charge is 0.412 e. The van der Waals surface area contributed by atoms with E-state index in [0.29, 0.717) is 51.5 Å². The fourth-order valence-corrected chi connectivity index (χ4v) is 15.6. The summed E-state index contributed by atoms with van der Waals surface area (Å²) >= 11 is 0. The first-order valence-electron chi connectivity index (χ1n) is 20.2. The number of sulfone groups is 1. The third kappa shape index (κ3) is 7.34. The molecule has 5 heterocycles. The number of hydrogen-bond donors (Lipinski definition) is 2. The van der Waals surface area contributed by atoms with E-state index >= 15 is 4.39 Å². The van der Waals surface area contributed by atoms with Crippen molar-refractivity contribution in [1.82, 2.24) is 19.9 Å². The molecule has 13 nitrogen and oxygen atoms in total. The normalized spacial score (nSPS) is 20.4. The number of amides is 2. The van der Waals surface area contributed by atoms with Gasteiger partial charge in [0.15, 0.2) is 5.82 Å². The van der Waals surface area contributed by atoms with Crippen molar-refractivity contribution in [3.8, 4) is 28.6 Å². The summed E-state index contributed by atoms with van der Waals surface area (Å²) in [5.41, 5.74) is 4.70. The van der Waals surface area contributed by atoms with E-state index < -0.39 is 64.9 Å². The summed E-state index contributed by atoms with van der Waals surface area (Å²) in [7, 11) is -6.33. The first-order chi connectivity index (χ1) is 27.5. The Balaban J connectivity index is 1.53. The second-order valence-corrected chi connectivity index (χ2v) is 25.6. The molecule has 4 aromatic rings. The summed E-state index contributed by atoms with van der Waals surface area (Å²) in [5.74, 6) is 2.71. The molecule has 59 heavy (non-hydrogen) atoms. The number of aromatic nitrogens is 3. The van der Waals surface area contributed by atoms with Gasteiger partial charge >= 0.3 is 12.2 Å². The maximum Gasteiger partial charge on any atom is 0.412 e. The summed E-state index contributed by atoms with van der Waals surface area (Å²) < 4.78 is 56.3. The van der Waals surface area contributed by atoms with E-state index in [1.165, 1.54) is 4.90 Å². The topological polar surface area (TPSA) is 164 Å². The zero-order valence-corrected chi connectivity index (χ0v) is 37.3. The first-order valence-corrected chi connectivity index (χ1v) is 24.3. The number of piperazine rings is 1. The number of halogens is 1. The molecule has 4 unspecified atom stereocenters. The van der Waals surface area contributed by atoms with Crippen LogP contribution in [0, 0.1) is 17.3 Å². The van der Waals surface area contributed by atoms with Gasteiger partial charge < -0.3 is 19.5 Å². The Labute approximate surface area is 346 Å². The van der Waals surface area contributed by atoms with Crippen LogP contribution >= 0.6 is 0 Å². The molecule has 314 valence electrons. The van der Waals surface area contributed by atoms with Crippen LogP contribution in [0.15, 0.2) is 35.5 Å². The van der Waals surface area contributed by atoms with E-state index in [2.05, 4.69) is 68.3 Å². The standard InChI is InChI=1S/C43H53FN6O7SSi/c1-22(2)59(23(3)4,24(5)6)18-17-26-13-12-14-27-19-28(45-41(51)57-43(8,9)10)20-30(32(26)27)35-34(44)36-33-38(48-40(47-36)58(11,54)55)49-21-29-15-16-31(50(29)42(52)53)37(49)25(7)56-39(33)46-35/h12-14,19-20,22-25,29,31,37H,15-16,21H2,1-11H3,(H,45,51)(H,52,53). The van der Waals surface area contributed by atoms with E-state index in [-0.39, 0.29) is 46.4 Å². The molecule has 16 heteroatoms. The van der Waals surface area contributed by atoms with Crippen LogP contribution in [0.4, 0.5) is 25.5 Å². The molecule has 3 aliphatic heterocycles. The van der Waals surface area contributed by atoms with Gasteiger partial charge in [0, 0.05) is 35.0 Å². The van der Waals surface area contributed by atoms with Gasteiger partial charge in [0.2, 0.25) is 20.9 Å². The number of pyridine rings is 1. The molecule has 2 N–H and O–H groups in total. The Kier molecular flexibility index (Phi) is 10.6. The minimum absolute atomic E-state index is 0.0285. The van der Waals surface area contributed by atoms with Gasteiger partial charge in [0.1, 0.15) is 42.2 Å². The van der Waals surface area contributed by atoms with Crippen molar-refractivity contribution >= 4 is 63.3 Å². The summed E-state index contributed by atoms with van der Waals surface area (Å²) in [4.78, 5) is 42.7. The number of benzene rings is 2. The number of anilines is 2. The van der Waals surface area contributed by atoms with Gasteiger partial charge in [-0.1, -0.05) is 59.6 Å². The van der Waals surface area contributed by atoms with E-state index in [1.54, 1.807) is 39.8 Å². The highest BCUT2D eigenvalue weighted by Gasteiger charge is 2.53. The van der Waals surface area contributed by atoms with Gasteiger partial charge in [-0.05, 0) is 80.7 Å². The van der Waals surface area contributed by atoms with E-state index in [9.17, 15) is 23.1 Å². The van der Waals surface area contributed by atoms with Gasteiger partial charge in [0.05, 0.1) is 18.1 Å². The minimum atomic E-state index is -4.09. The summed E-state index contributed by atoms with van der Waals surface area (Å²) in [5, 5.41) is 13.7. The van der Waals surface area contributed by atoms with E-state index in [0.717, 1.165) is 6.26 Å². The lowest BCUT2D eigenvalue weighted by Crippen LogP contribution is -2.64. The fourth-order valence-electron chi connectivity index (χ4n) is 9.88. The van der Waals surface area contributed by atoms with Crippen LogP contribution in [0.25, 0.3) is 32.9 Å². The number of carbonyl (C=O) groups is 2. The molecule has 0 spiro atoms. The quantitative estimate of drug-likeness (QED) is 0.108. The lowest BCUT2D eigenvalue weighted by molar-refractivity contribution is 0.0634. The third-order valence-corrected chi connectivity index (χ3v) is 19.3. The van der Waals surface area contributed by atoms with Crippen molar-refractivity contribution in [1.29, 1.82) is 0 Å². The Bertz CT molecular complexity index is 2550. The summed E-state index contributed by atoms with van der Waals surface area (Å²) in [6, 6.07) is 7.49. The second-order valence-electron chi connectivity index (χ2n) is 18.1. The highest BCUT2D eigenvalue weighted by Crippen LogP contribution is 2.47. The average Bonchev–Trinajstić information content (AvgIpc) is 3.37. The third-order valence-electron chi connectivity index (χ3n) is 12.2. The molecule has 2 aromatic carbocycles. The molecule has 0 saturated carbocycles. The number of nitrogens with zero attached hydrogens (tertiary/aromatic N) is 5. The fraction of sp³-hybridized carbons (Fsp3) is 0.512. The summed E-state index contributed by atoms with van der Waals surface area (Å²) in [6.45, 7) is 20.6. The molecule has 0 aliphatic carbocycles. The Hall–Kier alpha value is -5.01. The number of rotatable bonds is 6. The molecule has 7 rings (SSSR count). The predicted octanol–water partition coefficient (Wildman–Crippen LogP) is 8.78. The van der Waals surface area contributed by atoms with Crippen LogP contribution < -0.4 is 15.0 Å². The average molecular weight is 845 g/mol. The molecular weight excluding hydrogens is 792 g/mol. The monoisotopic (exact) mass is 844 g/mol. The van der Waals surface area contributed by atoms with Crippen LogP contribution in [0.1, 0.15) is 87.6 Å². The zero-order valence-electron chi connectivity index (χ0n) is 35.5. The number of carboxylic acid groups (broad SMARTS) is 1. The molecule has 0 radical (unpaired) electrons. The van der Waals surface area contributed by atoms with Crippen LogP contribution in [0.5, 0.6) is 5.88 Å². The zero-order chi connectivity index (χ0) is 43.1. The number of carbonyl (C=O) groups excluding carboxylic acids is 1. The van der Waals surface area contributed by atoms with Crippen LogP contribution in [0.3, 0.4) is 0 Å². The maximum atomic E-state index is 17.8. The van der Waals surface area contributed by atoms with E-state index in [1.807, 2.05) is 23.1 Å². The Morgan fingerprint density at radius 1 is 1.03 bits per heavy atom. The van der Waals surface area contributed by atoms with Crippen LogP contribution in [0.2, 0.25) is 16.6 Å². The van der Waals surface area contributed by atoms with Crippen molar-refractivity contribution in [2.75, 3.05) is 23.0 Å². The Morgan fingerprint density at radius 3 is 2.32 bits per heavy atom. The van der Waals surface area contributed by atoms with Crippen molar-refractivity contribution in [2.45, 2.75) is 134 Å². The largest absolute Gasteiger partial charge is 0.472 e. The summed E-state index contributed by atoms with van der Waals surface area (Å²) in [6.07, 6.45) is -0.339. The number of fused-ring (bicyclic) bond motifs is 6. The number of ether oxygens (including phenoxy) is 2. The first kappa shape index (κ1) is 42.1. The van der Waals surface area contributed by atoms with Crippen molar-refractivity contribution < 1.29 is 37.0 Å². The van der Waals surface area contributed by atoms with Gasteiger partial charge in [0.25, 0.3) is 0 Å². The van der Waals surface area contributed by atoms with Crippen molar-refractivity contribution in [2.24, 2.45) is 0 Å². The highest BCUT2D eigenvalue weighted by molar-refractivity contribution is 7.90. The van der Waals surface area contributed by atoms with Crippen LogP contribution in [-0.2, 0) is 14.6 Å². The molecule has 4 atom stereocenters. The maximum absolute atomic E-state index is 17.8. The SMILES string of the molecule is CC1Oc2nc(-c3cc(NC(=O)OC(C)(C)C)cc4cccc(C#C[Si](C(C)C)(C(C)C)C(C)C)c34)c(F)c3nc(S(C)(=O)=O)nc(c23)N2CC3CCC(C12)N3C(=O)O. The molecule has 2 saturated heterocycles. The second kappa shape index (κ2) is 14.9. The molecule has 2 bridgehead atoms. The van der Waals surface area contributed by atoms with Gasteiger partial charge in [-0.15, -0.1) is 5.54 Å². The number of nitrogens with one attached hydrogen (secondary N) is 1. The van der Waals surface area contributed by atoms with E-state index in [4.69, 9.17) is 14.5 Å². The van der Waals surface area contributed by atoms with Crippen molar-refractivity contribution in [3.05, 3.63) is 41.7 Å². The molecule has 2 amide bonds. The Morgan fingerprint density at radius 2 is 1.71 bits per heavy atom. The predicted molar refractivity (Wildman–Crippen MR) is 229 cm³/mol. The molecule has 2 aromatic heterocycles. The van der Waals surface area contributed by atoms with Crippen molar-refractivity contribution in [3.63, 3.8) is 0 Å².